The number of carboxylic acids is 1. The van der Waals surface area contributed by atoms with Crippen LogP contribution in [0.5, 0.6) is 0 Å². The van der Waals surface area contributed by atoms with Crippen LogP contribution in [0.15, 0.2) is 51.9 Å². The number of hydrogen-bond acceptors (Lipinski definition) is 7. The molecule has 1 fully saturated rings. The van der Waals surface area contributed by atoms with Crippen LogP contribution in [0, 0.1) is 0 Å². The highest BCUT2D eigenvalue weighted by molar-refractivity contribution is 8.18. The number of rotatable bonds is 6. The van der Waals surface area contributed by atoms with Gasteiger partial charge in [-0.05, 0) is 36.0 Å². The van der Waals surface area contributed by atoms with Crippen molar-refractivity contribution in [3.8, 4) is 0 Å². The fourth-order valence-corrected chi connectivity index (χ4v) is 4.10. The Morgan fingerprint density at radius 1 is 1.19 bits per heavy atom. The van der Waals surface area contributed by atoms with Crippen LogP contribution in [0.3, 0.4) is 0 Å². The first-order valence-electron chi connectivity index (χ1n) is 9.09. The van der Waals surface area contributed by atoms with Crippen molar-refractivity contribution in [3.63, 3.8) is 0 Å². The van der Waals surface area contributed by atoms with Crippen LogP contribution in [0.25, 0.3) is 17.0 Å². The van der Waals surface area contributed by atoms with Crippen LogP contribution in [0.1, 0.15) is 21.9 Å². The molecule has 2 aromatic heterocycles. The Bertz CT molecular complexity index is 1250. The molecule has 3 heterocycles. The van der Waals surface area contributed by atoms with Crippen molar-refractivity contribution in [1.29, 1.82) is 0 Å². The van der Waals surface area contributed by atoms with E-state index in [1.54, 1.807) is 29.0 Å². The molecule has 0 unspecified atom stereocenters. The molecular weight excluding hydrogens is 424 g/mol. The molecular formula is C21H16N2O7S. The molecule has 0 aliphatic carbocycles. The zero-order valence-corrected chi connectivity index (χ0v) is 17.0. The highest BCUT2D eigenvalue weighted by Crippen LogP contribution is 2.35. The van der Waals surface area contributed by atoms with Gasteiger partial charge in [-0.15, -0.1) is 0 Å². The van der Waals surface area contributed by atoms with Crippen LogP contribution in [0.4, 0.5) is 4.79 Å². The average molecular weight is 440 g/mol. The monoisotopic (exact) mass is 440 g/mol. The third-order valence-corrected chi connectivity index (χ3v) is 5.55. The van der Waals surface area contributed by atoms with Crippen LogP contribution in [-0.4, -0.2) is 44.8 Å². The number of aliphatic carboxylic acids is 1. The lowest BCUT2D eigenvalue weighted by Crippen LogP contribution is -2.27. The molecule has 1 aromatic carbocycles. The number of hydrogen-bond donors (Lipinski definition) is 1. The fourth-order valence-electron chi connectivity index (χ4n) is 3.27. The summed E-state index contributed by atoms with van der Waals surface area (Å²) in [5.74, 6) is -1.90. The van der Waals surface area contributed by atoms with Crippen LogP contribution >= 0.6 is 11.8 Å². The van der Waals surface area contributed by atoms with Gasteiger partial charge in [0.1, 0.15) is 12.3 Å². The van der Waals surface area contributed by atoms with Crippen LogP contribution < -0.4 is 0 Å². The number of fused-ring (bicyclic) bond motifs is 1. The van der Waals surface area contributed by atoms with Gasteiger partial charge in [-0.2, -0.15) is 0 Å². The summed E-state index contributed by atoms with van der Waals surface area (Å²) in [5.41, 5.74) is 1.34. The number of carbonyl (C=O) groups is 4. The van der Waals surface area contributed by atoms with Gasteiger partial charge in [0.2, 0.25) is 5.76 Å². The second-order valence-electron chi connectivity index (χ2n) is 6.65. The quantitative estimate of drug-likeness (QED) is 0.458. The predicted octanol–water partition coefficient (Wildman–Crippen LogP) is 3.34. The topological polar surface area (TPSA) is 119 Å². The Morgan fingerprint density at radius 2 is 1.97 bits per heavy atom. The Hall–Kier alpha value is -3.79. The van der Waals surface area contributed by atoms with Crippen molar-refractivity contribution in [1.82, 2.24) is 9.47 Å². The number of thioether (sulfide) groups is 1. The molecule has 0 saturated carbocycles. The summed E-state index contributed by atoms with van der Waals surface area (Å²) < 4.78 is 11.5. The smallest absolute Gasteiger partial charge is 0.373 e. The third-order valence-electron chi connectivity index (χ3n) is 4.65. The maximum atomic E-state index is 12.8. The Morgan fingerprint density at radius 3 is 2.71 bits per heavy atom. The largest absolute Gasteiger partial charge is 0.480 e. The second-order valence-corrected chi connectivity index (χ2v) is 7.64. The van der Waals surface area contributed by atoms with Gasteiger partial charge in [0.05, 0.1) is 18.6 Å². The summed E-state index contributed by atoms with van der Waals surface area (Å²) in [5, 5.41) is 9.44. The van der Waals surface area contributed by atoms with Gasteiger partial charge in [-0.25, -0.2) is 4.79 Å². The first-order chi connectivity index (χ1) is 14.9. The molecule has 2 amide bonds. The van der Waals surface area contributed by atoms with E-state index in [0.717, 1.165) is 22.0 Å². The predicted molar refractivity (Wildman–Crippen MR) is 111 cm³/mol. The minimum atomic E-state index is -0.989. The Labute approximate surface area is 179 Å². The van der Waals surface area contributed by atoms with E-state index >= 15 is 0 Å². The third kappa shape index (κ3) is 3.97. The van der Waals surface area contributed by atoms with Crippen LogP contribution in [0.2, 0.25) is 0 Å². The summed E-state index contributed by atoms with van der Waals surface area (Å²) >= 11 is 0.785. The molecule has 0 atom stereocenters. The van der Waals surface area contributed by atoms with Gasteiger partial charge < -0.3 is 18.8 Å². The lowest BCUT2D eigenvalue weighted by atomic mass is 10.1. The van der Waals surface area contributed by atoms with Crippen molar-refractivity contribution in [3.05, 3.63) is 64.6 Å². The summed E-state index contributed by atoms with van der Waals surface area (Å²) in [6, 6.07) is 10.1. The van der Waals surface area contributed by atoms with Gasteiger partial charge in [-0.3, -0.25) is 19.3 Å². The van der Waals surface area contributed by atoms with Gasteiger partial charge in [0, 0.05) is 22.7 Å². The molecule has 1 aliphatic rings. The molecule has 9 nitrogen and oxygen atoms in total. The molecule has 10 heteroatoms. The van der Waals surface area contributed by atoms with E-state index in [0.29, 0.717) is 11.1 Å². The van der Waals surface area contributed by atoms with Crippen LogP contribution in [-0.2, 0) is 27.4 Å². The summed E-state index contributed by atoms with van der Waals surface area (Å²) in [4.78, 5) is 49.1. The molecule has 31 heavy (non-hydrogen) atoms. The van der Waals surface area contributed by atoms with Crippen molar-refractivity contribution >= 4 is 51.8 Å². The number of carbonyl (C=O) groups excluding carboxylic acids is 3. The molecule has 3 aromatic rings. The Kier molecular flexibility index (Phi) is 5.38. The molecule has 0 bridgehead atoms. The highest BCUT2D eigenvalue weighted by Gasteiger charge is 2.36. The molecule has 1 N–H and O–H groups in total. The molecule has 1 saturated heterocycles. The lowest BCUT2D eigenvalue weighted by molar-refractivity contribution is -0.137. The number of imide groups is 1. The fraction of sp³-hybridized carbons (Fsp3) is 0.143. The van der Waals surface area contributed by atoms with E-state index in [1.807, 2.05) is 12.1 Å². The number of aromatic nitrogens is 1. The van der Waals surface area contributed by atoms with E-state index in [4.69, 9.17) is 9.52 Å². The van der Waals surface area contributed by atoms with E-state index in [9.17, 15) is 19.2 Å². The maximum absolute atomic E-state index is 12.8. The number of nitrogens with zero attached hydrogens (tertiary/aromatic N) is 2. The number of benzene rings is 1. The highest BCUT2D eigenvalue weighted by atomic mass is 32.2. The van der Waals surface area contributed by atoms with Crippen molar-refractivity contribution in [2.45, 2.75) is 13.1 Å². The number of furan rings is 1. The van der Waals surface area contributed by atoms with Gasteiger partial charge in [0.15, 0.2) is 0 Å². The first-order valence-corrected chi connectivity index (χ1v) is 9.91. The lowest BCUT2D eigenvalue weighted by Gasteiger charge is -2.09. The van der Waals surface area contributed by atoms with Crippen molar-refractivity contribution in [2.24, 2.45) is 0 Å². The normalized spacial score (nSPS) is 15.3. The number of methoxy groups -OCH3 is 1. The zero-order chi connectivity index (χ0) is 22.1. The van der Waals surface area contributed by atoms with Gasteiger partial charge in [0.25, 0.3) is 11.1 Å². The second kappa shape index (κ2) is 8.15. The minimum absolute atomic E-state index is 0.0220. The first kappa shape index (κ1) is 20.5. The van der Waals surface area contributed by atoms with E-state index < -0.39 is 23.1 Å². The number of ether oxygens (including phenoxy) is 1. The standard InChI is InChI=1S/C21H16N2O7S/c1-29-20(27)16-7-6-13(30-16)10-23-19(26)17(31-21(23)28)8-12-9-22(11-18(24)25)15-5-3-2-4-14(12)15/h2-9H,10-11H2,1H3,(H,24,25)/b17-8+. The zero-order valence-electron chi connectivity index (χ0n) is 16.2. The molecule has 0 spiro atoms. The van der Waals surface area contributed by atoms with Gasteiger partial charge in [-0.1, -0.05) is 18.2 Å². The van der Waals surface area contributed by atoms with Gasteiger partial charge >= 0.3 is 11.9 Å². The maximum Gasteiger partial charge on any atom is 0.373 e. The SMILES string of the molecule is COC(=O)c1ccc(CN2C(=O)S/C(=C/c3cn(CC(=O)O)c4ccccc34)C2=O)o1. The summed E-state index contributed by atoms with van der Waals surface area (Å²) in [7, 11) is 1.22. The van der Waals surface area contributed by atoms with E-state index in [2.05, 4.69) is 4.74 Å². The van der Waals surface area contributed by atoms with Crippen molar-refractivity contribution in [2.75, 3.05) is 7.11 Å². The Balaban J connectivity index is 1.61. The molecule has 0 radical (unpaired) electrons. The van der Waals surface area contributed by atoms with E-state index in [1.165, 1.54) is 19.2 Å². The number of para-hydroxylation sites is 1. The minimum Gasteiger partial charge on any atom is -0.480 e. The number of carboxylic acid groups (broad SMARTS) is 1. The van der Waals surface area contributed by atoms with Crippen molar-refractivity contribution < 1.29 is 33.4 Å². The number of amides is 2. The molecule has 158 valence electrons. The average Bonchev–Trinajstić information content (AvgIpc) is 3.42. The summed E-state index contributed by atoms with van der Waals surface area (Å²) in [6.45, 7) is -0.351. The molecule has 1 aliphatic heterocycles. The summed E-state index contributed by atoms with van der Waals surface area (Å²) in [6.07, 6.45) is 3.22. The number of esters is 1. The van der Waals surface area contributed by atoms with E-state index in [-0.39, 0.29) is 29.5 Å². The molecule has 4 rings (SSSR count).